The summed E-state index contributed by atoms with van der Waals surface area (Å²) in [6.45, 7) is 3.02. The van der Waals surface area contributed by atoms with Crippen LogP contribution >= 0.6 is 0 Å². The van der Waals surface area contributed by atoms with Gasteiger partial charge in [0, 0.05) is 12.8 Å². The molecule has 0 heterocycles. The smallest absolute Gasteiger partial charge is 0.00886 e. The number of rotatable bonds is 8. The van der Waals surface area contributed by atoms with Crippen molar-refractivity contribution in [2.45, 2.75) is 64.7 Å². The van der Waals surface area contributed by atoms with Crippen molar-refractivity contribution in [3.05, 3.63) is 0 Å². The zero-order valence-electron chi connectivity index (χ0n) is 9.65. The normalized spacial score (nSPS) is 9.57. The van der Waals surface area contributed by atoms with E-state index in [1.807, 2.05) is 0 Å². The van der Waals surface area contributed by atoms with Crippen LogP contribution in [0.3, 0.4) is 0 Å². The second-order valence-electron chi connectivity index (χ2n) is 3.76. The van der Waals surface area contributed by atoms with Crippen LogP contribution in [-0.2, 0) is 0 Å². The minimum absolute atomic E-state index is 0.850. The van der Waals surface area contributed by atoms with Gasteiger partial charge < -0.3 is 5.73 Å². The summed E-state index contributed by atoms with van der Waals surface area (Å²) in [4.78, 5) is 0. The van der Waals surface area contributed by atoms with E-state index in [2.05, 4.69) is 18.8 Å². The fraction of sp³-hybridized carbons (Fsp3) is 0.846. The van der Waals surface area contributed by atoms with Crippen LogP contribution in [0.2, 0.25) is 0 Å². The molecular weight excluding hydrogens is 170 g/mol. The maximum atomic E-state index is 5.42. The van der Waals surface area contributed by atoms with Crippen molar-refractivity contribution in [1.29, 1.82) is 0 Å². The highest BCUT2D eigenvalue weighted by Crippen LogP contribution is 2.06. The zero-order valence-corrected chi connectivity index (χ0v) is 9.65. The molecule has 0 bridgehead atoms. The van der Waals surface area contributed by atoms with Gasteiger partial charge in [-0.1, -0.05) is 32.6 Å². The minimum atomic E-state index is 0.850. The summed E-state index contributed by atoms with van der Waals surface area (Å²) in [6, 6.07) is 0. The molecule has 82 valence electrons. The molecule has 0 saturated carbocycles. The Balaban J connectivity index is 2.96. The van der Waals surface area contributed by atoms with Crippen LogP contribution < -0.4 is 5.73 Å². The molecule has 0 fully saturated rings. The van der Waals surface area contributed by atoms with Crippen molar-refractivity contribution >= 4 is 0 Å². The summed E-state index contributed by atoms with van der Waals surface area (Å²) in [6.07, 6.45) is 11.2. The van der Waals surface area contributed by atoms with Crippen molar-refractivity contribution in [3.63, 3.8) is 0 Å². The summed E-state index contributed by atoms with van der Waals surface area (Å²) >= 11 is 0. The molecule has 0 saturated heterocycles. The van der Waals surface area contributed by atoms with Crippen LogP contribution in [0.1, 0.15) is 64.7 Å². The first-order valence-corrected chi connectivity index (χ1v) is 6.07. The van der Waals surface area contributed by atoms with Crippen molar-refractivity contribution < 1.29 is 0 Å². The molecule has 1 nitrogen and oxygen atoms in total. The Kier molecular flexibility index (Phi) is 12.1. The summed E-state index contributed by atoms with van der Waals surface area (Å²) in [5, 5.41) is 0. The monoisotopic (exact) mass is 195 g/mol. The quantitative estimate of drug-likeness (QED) is 0.466. The molecule has 0 amide bonds. The van der Waals surface area contributed by atoms with E-state index in [4.69, 9.17) is 5.73 Å². The van der Waals surface area contributed by atoms with Crippen LogP contribution in [0.4, 0.5) is 0 Å². The summed E-state index contributed by atoms with van der Waals surface area (Å²) < 4.78 is 0. The molecule has 0 aliphatic heterocycles. The maximum absolute atomic E-state index is 5.42. The molecule has 0 radical (unpaired) electrons. The molecule has 0 spiro atoms. The van der Waals surface area contributed by atoms with Crippen molar-refractivity contribution in [3.8, 4) is 11.8 Å². The molecule has 0 aromatic carbocycles. The Morgan fingerprint density at radius 3 is 2.00 bits per heavy atom. The minimum Gasteiger partial charge on any atom is -0.330 e. The first-order valence-electron chi connectivity index (χ1n) is 6.07. The van der Waals surface area contributed by atoms with E-state index in [-0.39, 0.29) is 0 Å². The lowest BCUT2D eigenvalue weighted by Gasteiger charge is -1.97. The van der Waals surface area contributed by atoms with E-state index in [0.717, 1.165) is 19.4 Å². The molecule has 0 aromatic rings. The summed E-state index contributed by atoms with van der Waals surface area (Å²) in [5.41, 5.74) is 5.42. The molecule has 2 N–H and O–H groups in total. The van der Waals surface area contributed by atoms with Gasteiger partial charge in [0.2, 0.25) is 0 Å². The molecule has 0 aromatic heterocycles. The first-order chi connectivity index (χ1) is 6.91. The predicted octanol–water partition coefficient (Wildman–Crippen LogP) is 3.48. The molecule has 1 heteroatoms. The van der Waals surface area contributed by atoms with Gasteiger partial charge in [-0.3, -0.25) is 0 Å². The van der Waals surface area contributed by atoms with Crippen LogP contribution in [0, 0.1) is 11.8 Å². The summed E-state index contributed by atoms with van der Waals surface area (Å²) in [5.74, 6) is 6.40. The van der Waals surface area contributed by atoms with E-state index in [0.29, 0.717) is 0 Å². The van der Waals surface area contributed by atoms with Gasteiger partial charge in [-0.05, 0) is 25.8 Å². The van der Waals surface area contributed by atoms with Crippen molar-refractivity contribution in [2.75, 3.05) is 6.54 Å². The maximum Gasteiger partial charge on any atom is 0.00886 e. The Hall–Kier alpha value is -0.480. The van der Waals surface area contributed by atoms with Crippen LogP contribution in [-0.4, -0.2) is 6.54 Å². The van der Waals surface area contributed by atoms with Gasteiger partial charge >= 0.3 is 0 Å². The van der Waals surface area contributed by atoms with Crippen LogP contribution in [0.25, 0.3) is 0 Å². The second-order valence-corrected chi connectivity index (χ2v) is 3.76. The standard InChI is InChI=1S/C13H25N/c1-2-3-4-5-6-7-8-9-10-11-12-13-14/h2-3,6-14H2,1H3. The van der Waals surface area contributed by atoms with E-state index in [9.17, 15) is 0 Å². The third-order valence-electron chi connectivity index (χ3n) is 2.26. The molecule has 0 aliphatic rings. The van der Waals surface area contributed by atoms with Crippen LogP contribution in [0.5, 0.6) is 0 Å². The molecule has 0 rings (SSSR count). The van der Waals surface area contributed by atoms with Gasteiger partial charge in [0.15, 0.2) is 0 Å². The molecule has 0 aliphatic carbocycles. The second kappa shape index (κ2) is 12.5. The predicted molar refractivity (Wildman–Crippen MR) is 64.1 cm³/mol. The van der Waals surface area contributed by atoms with Crippen molar-refractivity contribution in [2.24, 2.45) is 5.73 Å². The number of nitrogens with two attached hydrogens (primary N) is 1. The number of unbranched alkanes of at least 4 members (excludes halogenated alkanes) is 7. The lowest BCUT2D eigenvalue weighted by atomic mass is 10.1. The van der Waals surface area contributed by atoms with Gasteiger partial charge in [-0.2, -0.15) is 0 Å². The van der Waals surface area contributed by atoms with Gasteiger partial charge in [0.1, 0.15) is 0 Å². The largest absolute Gasteiger partial charge is 0.330 e. The number of hydrogen-bond acceptors (Lipinski definition) is 1. The Bertz CT molecular complexity index is 152. The van der Waals surface area contributed by atoms with Gasteiger partial charge in [-0.15, -0.1) is 11.8 Å². The van der Waals surface area contributed by atoms with E-state index >= 15 is 0 Å². The van der Waals surface area contributed by atoms with E-state index in [1.165, 1.54) is 44.9 Å². The highest BCUT2D eigenvalue weighted by molar-refractivity contribution is 4.98. The van der Waals surface area contributed by atoms with Crippen molar-refractivity contribution in [1.82, 2.24) is 0 Å². The fourth-order valence-corrected chi connectivity index (χ4v) is 1.37. The molecule has 0 unspecified atom stereocenters. The average molecular weight is 195 g/mol. The molecule has 14 heavy (non-hydrogen) atoms. The van der Waals surface area contributed by atoms with E-state index in [1.54, 1.807) is 0 Å². The highest BCUT2D eigenvalue weighted by atomic mass is 14.5. The lowest BCUT2D eigenvalue weighted by molar-refractivity contribution is 0.603. The topological polar surface area (TPSA) is 26.0 Å². The fourth-order valence-electron chi connectivity index (χ4n) is 1.37. The third-order valence-corrected chi connectivity index (χ3v) is 2.26. The molecular formula is C13H25N. The third kappa shape index (κ3) is 11.5. The molecule has 0 atom stereocenters. The number of hydrogen-bond donors (Lipinski definition) is 1. The Morgan fingerprint density at radius 2 is 1.36 bits per heavy atom. The summed E-state index contributed by atoms with van der Waals surface area (Å²) in [7, 11) is 0. The Labute approximate surface area is 89.5 Å². The van der Waals surface area contributed by atoms with E-state index < -0.39 is 0 Å². The van der Waals surface area contributed by atoms with Crippen LogP contribution in [0.15, 0.2) is 0 Å². The SMILES string of the molecule is CCCC#CCCCCCCCCN. The zero-order chi connectivity index (χ0) is 10.5. The first kappa shape index (κ1) is 13.5. The highest BCUT2D eigenvalue weighted by Gasteiger charge is 1.88. The average Bonchev–Trinajstić information content (AvgIpc) is 2.21. The Morgan fingerprint density at radius 1 is 0.786 bits per heavy atom. The lowest BCUT2D eigenvalue weighted by Crippen LogP contribution is -1.97. The van der Waals surface area contributed by atoms with Gasteiger partial charge in [0.05, 0.1) is 0 Å². The van der Waals surface area contributed by atoms with Gasteiger partial charge in [0.25, 0.3) is 0 Å². The van der Waals surface area contributed by atoms with Gasteiger partial charge in [-0.25, -0.2) is 0 Å².